The number of hydrogen-bond acceptors (Lipinski definition) is 4. The number of carbonyl (C=O) groups excluding carboxylic acids is 1. The lowest BCUT2D eigenvalue weighted by Gasteiger charge is -2.05. The summed E-state index contributed by atoms with van der Waals surface area (Å²) in [4.78, 5) is 11.5. The fourth-order valence-electron chi connectivity index (χ4n) is 1.27. The van der Waals surface area contributed by atoms with Crippen molar-refractivity contribution in [3.8, 4) is 0 Å². The number of tetrazole rings is 1. The van der Waals surface area contributed by atoms with Crippen molar-refractivity contribution in [1.82, 2.24) is 25.9 Å². The fourth-order valence-corrected chi connectivity index (χ4v) is 1.27. The van der Waals surface area contributed by atoms with Gasteiger partial charge in [-0.2, -0.15) is 5.21 Å². The summed E-state index contributed by atoms with van der Waals surface area (Å²) in [7, 11) is 0. The van der Waals surface area contributed by atoms with E-state index in [4.69, 9.17) is 0 Å². The van der Waals surface area contributed by atoms with Crippen LogP contribution >= 0.6 is 0 Å². The number of nitrogens with one attached hydrogen (secondary N) is 3. The highest BCUT2D eigenvalue weighted by molar-refractivity contribution is 5.89. The van der Waals surface area contributed by atoms with E-state index in [1.807, 2.05) is 30.3 Å². The molecular weight excluding hydrogens is 220 g/mol. The van der Waals surface area contributed by atoms with Gasteiger partial charge in [-0.05, 0) is 12.1 Å². The molecule has 88 valence electrons. The monoisotopic (exact) mass is 232 g/mol. The van der Waals surface area contributed by atoms with Gasteiger partial charge in [0.1, 0.15) is 0 Å². The van der Waals surface area contributed by atoms with E-state index in [1.54, 1.807) is 0 Å². The topological polar surface area (TPSA) is 95.6 Å². The molecular formula is C10H12N6O. The van der Waals surface area contributed by atoms with Crippen LogP contribution in [0.15, 0.2) is 30.3 Å². The molecule has 0 aliphatic heterocycles. The molecule has 0 unspecified atom stereocenters. The quantitative estimate of drug-likeness (QED) is 0.717. The third kappa shape index (κ3) is 3.56. The lowest BCUT2D eigenvalue weighted by Crippen LogP contribution is -2.30. The van der Waals surface area contributed by atoms with Crippen LogP contribution in [0.25, 0.3) is 0 Å². The Morgan fingerprint density at radius 3 is 2.82 bits per heavy atom. The van der Waals surface area contributed by atoms with Gasteiger partial charge in [0.2, 0.25) is 0 Å². The Kier molecular flexibility index (Phi) is 3.64. The normalized spacial score (nSPS) is 9.88. The van der Waals surface area contributed by atoms with Crippen LogP contribution in [-0.2, 0) is 6.42 Å². The van der Waals surface area contributed by atoms with Gasteiger partial charge in [-0.15, -0.1) is 10.2 Å². The number of nitrogens with zero attached hydrogens (tertiary/aromatic N) is 3. The lowest BCUT2D eigenvalue weighted by molar-refractivity contribution is 0.252. The molecule has 1 aromatic carbocycles. The second-order valence-electron chi connectivity index (χ2n) is 3.32. The summed E-state index contributed by atoms with van der Waals surface area (Å²) >= 11 is 0. The van der Waals surface area contributed by atoms with E-state index in [-0.39, 0.29) is 6.03 Å². The first-order valence-corrected chi connectivity index (χ1v) is 5.17. The van der Waals surface area contributed by atoms with Crippen LogP contribution in [0.4, 0.5) is 10.5 Å². The number of para-hydroxylation sites is 1. The number of urea groups is 1. The van der Waals surface area contributed by atoms with E-state index in [1.165, 1.54) is 0 Å². The van der Waals surface area contributed by atoms with Crippen LogP contribution in [0, 0.1) is 0 Å². The molecule has 0 saturated carbocycles. The number of anilines is 1. The van der Waals surface area contributed by atoms with Crippen molar-refractivity contribution in [3.05, 3.63) is 36.2 Å². The van der Waals surface area contributed by atoms with Crippen molar-refractivity contribution in [2.24, 2.45) is 0 Å². The molecule has 0 radical (unpaired) electrons. The van der Waals surface area contributed by atoms with Crippen molar-refractivity contribution in [2.45, 2.75) is 6.42 Å². The standard InChI is InChI=1S/C10H12N6O/c17-10(12-8-4-2-1-3-5-8)11-7-6-9-13-15-16-14-9/h1-5H,6-7H2,(H2,11,12,17)(H,13,14,15,16). The van der Waals surface area contributed by atoms with Gasteiger partial charge in [-0.25, -0.2) is 4.79 Å². The summed E-state index contributed by atoms with van der Waals surface area (Å²) in [6.07, 6.45) is 0.540. The van der Waals surface area contributed by atoms with E-state index in [9.17, 15) is 4.79 Å². The van der Waals surface area contributed by atoms with Crippen LogP contribution in [0.3, 0.4) is 0 Å². The predicted octanol–water partition coefficient (Wildman–Crippen LogP) is 0.564. The molecule has 0 atom stereocenters. The first-order chi connectivity index (χ1) is 8.34. The summed E-state index contributed by atoms with van der Waals surface area (Å²) in [6.45, 7) is 0.457. The van der Waals surface area contributed by atoms with Crippen molar-refractivity contribution < 1.29 is 4.79 Å². The second kappa shape index (κ2) is 5.59. The predicted molar refractivity (Wildman–Crippen MR) is 61.3 cm³/mol. The van der Waals surface area contributed by atoms with Gasteiger partial charge >= 0.3 is 6.03 Å². The molecule has 2 rings (SSSR count). The molecule has 7 nitrogen and oxygen atoms in total. The number of aromatic nitrogens is 4. The Bertz CT molecular complexity index is 455. The molecule has 0 bridgehead atoms. The van der Waals surface area contributed by atoms with E-state index in [0.29, 0.717) is 18.8 Å². The van der Waals surface area contributed by atoms with Crippen molar-refractivity contribution in [1.29, 1.82) is 0 Å². The molecule has 0 aliphatic carbocycles. The van der Waals surface area contributed by atoms with Crippen molar-refractivity contribution in [2.75, 3.05) is 11.9 Å². The van der Waals surface area contributed by atoms with Gasteiger partial charge in [0, 0.05) is 18.7 Å². The second-order valence-corrected chi connectivity index (χ2v) is 3.32. The van der Waals surface area contributed by atoms with Crippen LogP contribution in [0.2, 0.25) is 0 Å². The molecule has 0 fully saturated rings. The number of carbonyl (C=O) groups is 1. The summed E-state index contributed by atoms with van der Waals surface area (Å²) in [6, 6.07) is 8.99. The van der Waals surface area contributed by atoms with Gasteiger partial charge in [0.05, 0.1) is 0 Å². The first-order valence-electron chi connectivity index (χ1n) is 5.17. The summed E-state index contributed by atoms with van der Waals surface area (Å²) in [5.41, 5.74) is 0.754. The molecule has 0 saturated heterocycles. The maximum atomic E-state index is 11.5. The first kappa shape index (κ1) is 11.1. The minimum atomic E-state index is -0.250. The lowest BCUT2D eigenvalue weighted by atomic mass is 10.3. The smallest absolute Gasteiger partial charge is 0.319 e. The maximum Gasteiger partial charge on any atom is 0.319 e. The maximum absolute atomic E-state index is 11.5. The Hall–Kier alpha value is -2.44. The van der Waals surface area contributed by atoms with Crippen LogP contribution < -0.4 is 10.6 Å². The Morgan fingerprint density at radius 2 is 2.12 bits per heavy atom. The Balaban J connectivity index is 1.71. The zero-order valence-electron chi connectivity index (χ0n) is 9.05. The molecule has 2 amide bonds. The van der Waals surface area contributed by atoms with Gasteiger partial charge in [0.25, 0.3) is 0 Å². The third-order valence-electron chi connectivity index (χ3n) is 2.06. The van der Waals surface area contributed by atoms with E-state index in [0.717, 1.165) is 5.69 Å². The molecule has 0 spiro atoms. The highest BCUT2D eigenvalue weighted by atomic mass is 16.2. The average molecular weight is 232 g/mol. The number of rotatable bonds is 4. The van der Waals surface area contributed by atoms with Crippen LogP contribution in [0.5, 0.6) is 0 Å². The van der Waals surface area contributed by atoms with Gasteiger partial charge < -0.3 is 10.6 Å². The largest absolute Gasteiger partial charge is 0.337 e. The Labute approximate surface area is 97.6 Å². The van der Waals surface area contributed by atoms with E-state index in [2.05, 4.69) is 31.3 Å². The van der Waals surface area contributed by atoms with Crippen LogP contribution in [0.1, 0.15) is 5.82 Å². The highest BCUT2D eigenvalue weighted by Crippen LogP contribution is 2.03. The third-order valence-corrected chi connectivity index (χ3v) is 2.06. The van der Waals surface area contributed by atoms with E-state index >= 15 is 0 Å². The van der Waals surface area contributed by atoms with Gasteiger partial charge in [-0.3, -0.25) is 0 Å². The van der Waals surface area contributed by atoms with E-state index < -0.39 is 0 Å². The number of aromatic amines is 1. The van der Waals surface area contributed by atoms with Crippen LogP contribution in [-0.4, -0.2) is 33.2 Å². The fraction of sp³-hybridized carbons (Fsp3) is 0.200. The molecule has 17 heavy (non-hydrogen) atoms. The SMILES string of the molecule is O=C(NCCc1nn[nH]n1)Nc1ccccc1. The number of hydrogen-bond donors (Lipinski definition) is 3. The number of H-pyrrole nitrogens is 1. The number of benzene rings is 1. The van der Waals surface area contributed by atoms with Gasteiger partial charge in [0.15, 0.2) is 5.82 Å². The summed E-state index contributed by atoms with van der Waals surface area (Å²) < 4.78 is 0. The van der Waals surface area contributed by atoms with Gasteiger partial charge in [-0.1, -0.05) is 23.4 Å². The molecule has 1 heterocycles. The zero-order chi connectivity index (χ0) is 11.9. The Morgan fingerprint density at radius 1 is 1.29 bits per heavy atom. The van der Waals surface area contributed by atoms with Crippen molar-refractivity contribution >= 4 is 11.7 Å². The average Bonchev–Trinajstić information content (AvgIpc) is 2.83. The minimum Gasteiger partial charge on any atom is -0.337 e. The molecule has 7 heteroatoms. The number of amides is 2. The minimum absolute atomic E-state index is 0.250. The molecule has 3 N–H and O–H groups in total. The van der Waals surface area contributed by atoms with Crippen molar-refractivity contribution in [3.63, 3.8) is 0 Å². The summed E-state index contributed by atoms with van der Waals surface area (Å²) in [5.74, 6) is 0.574. The molecule has 1 aromatic heterocycles. The molecule has 0 aliphatic rings. The zero-order valence-corrected chi connectivity index (χ0v) is 9.05. The highest BCUT2D eigenvalue weighted by Gasteiger charge is 2.02. The summed E-state index contributed by atoms with van der Waals surface area (Å²) in [5, 5.41) is 18.7. The molecule has 2 aromatic rings.